The Kier molecular flexibility index (Phi) is 3.13. The van der Waals surface area contributed by atoms with Crippen molar-refractivity contribution in [2.75, 3.05) is 6.61 Å². The summed E-state index contributed by atoms with van der Waals surface area (Å²) in [5.74, 6) is -0.217. The van der Waals surface area contributed by atoms with Crippen LogP contribution in [0.4, 0.5) is 0 Å². The zero-order chi connectivity index (χ0) is 7.49. The average molecular weight is 148 g/mol. The molecule has 9 heavy (non-hydrogen) atoms. The molecule has 3 heteroatoms. The lowest BCUT2D eigenvalue weighted by Crippen LogP contribution is -2.19. The van der Waals surface area contributed by atoms with E-state index in [2.05, 4.69) is 9.24 Å². The highest BCUT2D eigenvalue weighted by Crippen LogP contribution is 2.15. The van der Waals surface area contributed by atoms with Gasteiger partial charge >= 0.3 is 5.97 Å². The van der Waals surface area contributed by atoms with Crippen LogP contribution in [0.1, 0.15) is 20.8 Å². The number of ether oxygens (including phenoxy) is 1. The zero-order valence-electron chi connectivity index (χ0n) is 6.10. The molecule has 0 bridgehead atoms. The summed E-state index contributed by atoms with van der Waals surface area (Å²) in [6.45, 7) is 5.85. The second kappa shape index (κ2) is 3.17. The summed E-state index contributed by atoms with van der Waals surface area (Å²) < 4.78 is 4.75. The Morgan fingerprint density at radius 1 is 1.67 bits per heavy atom. The molecule has 1 atom stereocenters. The monoisotopic (exact) mass is 148 g/mol. The van der Waals surface area contributed by atoms with Crippen LogP contribution in [-0.4, -0.2) is 17.7 Å². The van der Waals surface area contributed by atoms with E-state index in [1.54, 1.807) is 0 Å². The van der Waals surface area contributed by atoms with Crippen LogP contribution < -0.4 is 0 Å². The fourth-order valence-electron chi connectivity index (χ4n) is 0.288. The fourth-order valence-corrected chi connectivity index (χ4v) is 0.371. The van der Waals surface area contributed by atoms with E-state index in [1.807, 2.05) is 13.8 Å². The molecule has 0 saturated carbocycles. The highest BCUT2D eigenvalue weighted by molar-refractivity contribution is 7.18. The molecule has 0 heterocycles. The van der Waals surface area contributed by atoms with E-state index in [4.69, 9.17) is 4.74 Å². The number of hydrogen-bond donors (Lipinski definition) is 0. The molecule has 1 unspecified atom stereocenters. The average Bonchev–Trinajstić information content (AvgIpc) is 1.59. The Hall–Kier alpha value is -0.100. The lowest BCUT2D eigenvalue weighted by molar-refractivity contribution is -0.141. The SMILES string of the molecule is CC(=O)OCC(C)(C)P. The van der Waals surface area contributed by atoms with Gasteiger partial charge in [-0.25, -0.2) is 0 Å². The van der Waals surface area contributed by atoms with Crippen LogP contribution in [0, 0.1) is 0 Å². The van der Waals surface area contributed by atoms with Gasteiger partial charge in [-0.2, -0.15) is 0 Å². The molecule has 0 aliphatic carbocycles. The minimum absolute atomic E-state index is 0.00562. The van der Waals surface area contributed by atoms with Crippen molar-refractivity contribution < 1.29 is 9.53 Å². The normalized spacial score (nSPS) is 11.1. The van der Waals surface area contributed by atoms with Crippen LogP contribution in [-0.2, 0) is 9.53 Å². The molecule has 0 aromatic rings. The van der Waals surface area contributed by atoms with E-state index in [9.17, 15) is 4.79 Å². The van der Waals surface area contributed by atoms with Crippen molar-refractivity contribution in [3.8, 4) is 0 Å². The van der Waals surface area contributed by atoms with Crippen molar-refractivity contribution in [2.45, 2.75) is 25.9 Å². The first-order valence-electron chi connectivity index (χ1n) is 2.84. The minimum atomic E-state index is -0.217. The number of carbonyl (C=O) groups excluding carboxylic acids is 1. The standard InChI is InChI=1S/C6H13O2P/c1-5(7)8-4-6(2,3)9/h4,9H2,1-3H3. The molecule has 0 rings (SSSR count). The third-order valence-corrected chi connectivity index (χ3v) is 0.814. The smallest absolute Gasteiger partial charge is 0.302 e. The molecule has 0 spiro atoms. The van der Waals surface area contributed by atoms with Gasteiger partial charge in [0.15, 0.2) is 0 Å². The molecule has 0 saturated heterocycles. The van der Waals surface area contributed by atoms with Crippen LogP contribution in [0.25, 0.3) is 0 Å². The first-order valence-corrected chi connectivity index (χ1v) is 3.42. The number of hydrogen-bond acceptors (Lipinski definition) is 2. The molecule has 54 valence electrons. The molecule has 0 aliphatic heterocycles. The van der Waals surface area contributed by atoms with Gasteiger partial charge in [0.05, 0.1) is 6.61 Å². The number of carbonyl (C=O) groups is 1. The molecule has 0 radical (unpaired) electrons. The van der Waals surface area contributed by atoms with Gasteiger partial charge in [0.1, 0.15) is 0 Å². The summed E-state index contributed by atoms with van der Waals surface area (Å²) in [6.07, 6.45) is 0. The Morgan fingerprint density at radius 2 is 2.11 bits per heavy atom. The van der Waals surface area contributed by atoms with Crippen molar-refractivity contribution in [3.05, 3.63) is 0 Å². The van der Waals surface area contributed by atoms with E-state index in [1.165, 1.54) is 6.92 Å². The lowest BCUT2D eigenvalue weighted by Gasteiger charge is -2.16. The van der Waals surface area contributed by atoms with Gasteiger partial charge in [0.25, 0.3) is 0 Å². The van der Waals surface area contributed by atoms with E-state index < -0.39 is 0 Å². The van der Waals surface area contributed by atoms with Crippen molar-refractivity contribution in [2.24, 2.45) is 0 Å². The third-order valence-electron chi connectivity index (χ3n) is 0.647. The van der Waals surface area contributed by atoms with Crippen molar-refractivity contribution in [1.82, 2.24) is 0 Å². The minimum Gasteiger partial charge on any atom is -0.465 e. The topological polar surface area (TPSA) is 26.3 Å². The summed E-state index contributed by atoms with van der Waals surface area (Å²) in [5.41, 5.74) is 0. The summed E-state index contributed by atoms with van der Waals surface area (Å²) in [7, 11) is 2.60. The molecular formula is C6H13O2P. The predicted octanol–water partition coefficient (Wildman–Crippen LogP) is 1.20. The van der Waals surface area contributed by atoms with Crippen LogP contribution in [0.3, 0.4) is 0 Å². The van der Waals surface area contributed by atoms with Crippen LogP contribution in [0.5, 0.6) is 0 Å². The maximum Gasteiger partial charge on any atom is 0.302 e. The largest absolute Gasteiger partial charge is 0.465 e. The summed E-state index contributed by atoms with van der Waals surface area (Å²) in [4.78, 5) is 10.3. The van der Waals surface area contributed by atoms with Gasteiger partial charge in [-0.15, -0.1) is 9.24 Å². The van der Waals surface area contributed by atoms with Crippen LogP contribution in [0.15, 0.2) is 0 Å². The van der Waals surface area contributed by atoms with E-state index >= 15 is 0 Å². The number of rotatable bonds is 2. The van der Waals surface area contributed by atoms with Crippen molar-refractivity contribution in [1.29, 1.82) is 0 Å². The molecule has 2 nitrogen and oxygen atoms in total. The van der Waals surface area contributed by atoms with Crippen molar-refractivity contribution in [3.63, 3.8) is 0 Å². The Morgan fingerprint density at radius 3 is 2.22 bits per heavy atom. The van der Waals surface area contributed by atoms with E-state index in [-0.39, 0.29) is 11.1 Å². The summed E-state index contributed by atoms with van der Waals surface area (Å²) >= 11 is 0. The maximum absolute atomic E-state index is 10.3. The first kappa shape index (κ1) is 8.90. The van der Waals surface area contributed by atoms with Gasteiger partial charge in [-0.05, 0) is 0 Å². The Bertz CT molecular complexity index is 104. The van der Waals surface area contributed by atoms with Gasteiger partial charge in [0, 0.05) is 12.1 Å². The van der Waals surface area contributed by atoms with E-state index in [0.29, 0.717) is 6.61 Å². The Balaban J connectivity index is 3.39. The van der Waals surface area contributed by atoms with Crippen LogP contribution in [0.2, 0.25) is 0 Å². The molecule has 0 N–H and O–H groups in total. The quantitative estimate of drug-likeness (QED) is 0.434. The zero-order valence-corrected chi connectivity index (χ0v) is 7.26. The van der Waals surface area contributed by atoms with Gasteiger partial charge < -0.3 is 4.74 Å². The molecule has 0 aromatic carbocycles. The molecular weight excluding hydrogens is 135 g/mol. The molecule has 0 aromatic heterocycles. The van der Waals surface area contributed by atoms with Crippen LogP contribution >= 0.6 is 9.24 Å². The van der Waals surface area contributed by atoms with Crippen molar-refractivity contribution >= 4 is 15.2 Å². The maximum atomic E-state index is 10.3. The van der Waals surface area contributed by atoms with Gasteiger partial charge in [0.2, 0.25) is 0 Å². The highest BCUT2D eigenvalue weighted by atomic mass is 31.0. The van der Waals surface area contributed by atoms with E-state index in [0.717, 1.165) is 0 Å². The third kappa shape index (κ3) is 7.90. The molecule has 0 aliphatic rings. The van der Waals surface area contributed by atoms with Gasteiger partial charge in [-0.1, -0.05) is 13.8 Å². The summed E-state index contributed by atoms with van der Waals surface area (Å²) in [5, 5.41) is 0.00562. The summed E-state index contributed by atoms with van der Waals surface area (Å²) in [6, 6.07) is 0. The number of esters is 1. The molecule has 0 amide bonds. The predicted molar refractivity (Wildman–Crippen MR) is 40.4 cm³/mol. The molecule has 0 fully saturated rings. The highest BCUT2D eigenvalue weighted by Gasteiger charge is 2.11. The first-order chi connectivity index (χ1) is 3.92. The lowest BCUT2D eigenvalue weighted by atomic mass is 10.2. The fraction of sp³-hybridized carbons (Fsp3) is 0.833. The second-order valence-electron chi connectivity index (χ2n) is 2.77. The van der Waals surface area contributed by atoms with Gasteiger partial charge in [-0.3, -0.25) is 4.79 Å². The second-order valence-corrected chi connectivity index (χ2v) is 4.33. The Labute approximate surface area is 58.2 Å².